The number of hydrogen-bond acceptors (Lipinski definition) is 4. The predicted octanol–water partition coefficient (Wildman–Crippen LogP) is 2.40. The second-order valence-electron chi connectivity index (χ2n) is 7.62. The lowest BCUT2D eigenvalue weighted by Crippen LogP contribution is -2.48. The van der Waals surface area contributed by atoms with Gasteiger partial charge in [0.05, 0.1) is 19.1 Å². The molecule has 2 aromatic rings. The van der Waals surface area contributed by atoms with Gasteiger partial charge in [-0.05, 0) is 48.6 Å². The Morgan fingerprint density at radius 1 is 1.14 bits per heavy atom. The maximum atomic E-state index is 13.0. The van der Waals surface area contributed by atoms with Crippen LogP contribution in [0.3, 0.4) is 0 Å². The molecule has 0 spiro atoms. The van der Waals surface area contributed by atoms with Crippen LogP contribution in [0.15, 0.2) is 48.8 Å². The molecule has 2 bridgehead atoms. The summed E-state index contributed by atoms with van der Waals surface area (Å²) >= 11 is 0. The normalized spacial score (nSPS) is 21.3. The first-order chi connectivity index (χ1) is 13.6. The largest absolute Gasteiger partial charge is 0.497 e. The average molecular weight is 379 g/mol. The second kappa shape index (κ2) is 8.00. The lowest BCUT2D eigenvalue weighted by Gasteiger charge is -2.36. The van der Waals surface area contributed by atoms with E-state index in [1.165, 1.54) is 0 Å². The molecular weight excluding hydrogens is 354 g/mol. The van der Waals surface area contributed by atoms with Crippen LogP contribution in [0.1, 0.15) is 28.8 Å². The minimum absolute atomic E-state index is 0.00657. The molecular formula is C22H25N3O3. The van der Waals surface area contributed by atoms with E-state index in [1.807, 2.05) is 34.1 Å². The number of benzene rings is 1. The number of nitrogens with zero attached hydrogens (tertiary/aromatic N) is 3. The van der Waals surface area contributed by atoms with Gasteiger partial charge in [-0.2, -0.15) is 0 Å². The van der Waals surface area contributed by atoms with Crippen LogP contribution in [-0.2, 0) is 11.2 Å². The third-order valence-electron chi connectivity index (χ3n) is 5.72. The first-order valence-corrected chi connectivity index (χ1v) is 9.75. The number of fused-ring (bicyclic) bond motifs is 4. The van der Waals surface area contributed by atoms with Gasteiger partial charge in [0.15, 0.2) is 0 Å². The van der Waals surface area contributed by atoms with Gasteiger partial charge in [0.1, 0.15) is 5.75 Å². The van der Waals surface area contributed by atoms with Crippen molar-refractivity contribution < 1.29 is 14.3 Å². The van der Waals surface area contributed by atoms with Crippen LogP contribution in [0.5, 0.6) is 5.75 Å². The van der Waals surface area contributed by atoms with Gasteiger partial charge >= 0.3 is 0 Å². The van der Waals surface area contributed by atoms with Crippen molar-refractivity contribution >= 4 is 11.8 Å². The zero-order valence-corrected chi connectivity index (χ0v) is 16.1. The lowest BCUT2D eigenvalue weighted by molar-refractivity contribution is -0.134. The van der Waals surface area contributed by atoms with E-state index in [-0.39, 0.29) is 17.9 Å². The van der Waals surface area contributed by atoms with Gasteiger partial charge in [-0.25, -0.2) is 0 Å². The van der Waals surface area contributed by atoms with Gasteiger partial charge in [0.2, 0.25) is 5.91 Å². The topological polar surface area (TPSA) is 62.7 Å². The Bertz CT molecular complexity index is 855. The summed E-state index contributed by atoms with van der Waals surface area (Å²) in [4.78, 5) is 33.9. The molecule has 3 fully saturated rings. The van der Waals surface area contributed by atoms with Crippen molar-refractivity contribution in [2.45, 2.75) is 25.3 Å². The molecule has 6 heteroatoms. The standard InChI is InChI=1S/C22H25N3O3/c1-28-20-6-2-4-16(10-20)11-21(26)25-14-17-7-8-19(25)15-24(13-17)22(27)18-5-3-9-23-12-18/h2-6,9-10,12,17,19H,7-8,11,13-15H2,1H3/t17-,19+/m0/s1. The number of rotatable bonds is 4. The molecule has 1 aromatic heterocycles. The fourth-order valence-electron chi connectivity index (χ4n) is 4.28. The number of ether oxygens (including phenoxy) is 1. The minimum atomic E-state index is 0.00657. The van der Waals surface area contributed by atoms with E-state index in [4.69, 9.17) is 4.74 Å². The molecule has 0 saturated carbocycles. The third kappa shape index (κ3) is 3.86. The summed E-state index contributed by atoms with van der Waals surface area (Å²) in [5, 5.41) is 0. The molecule has 0 radical (unpaired) electrons. The number of amides is 2. The average Bonchev–Trinajstić information content (AvgIpc) is 3.06. The van der Waals surface area contributed by atoms with Crippen LogP contribution < -0.4 is 4.74 Å². The number of aromatic nitrogens is 1. The van der Waals surface area contributed by atoms with Gasteiger partial charge in [-0.3, -0.25) is 14.6 Å². The Hall–Kier alpha value is -2.89. The van der Waals surface area contributed by atoms with Crippen LogP contribution in [0, 0.1) is 5.92 Å². The highest BCUT2D eigenvalue weighted by atomic mass is 16.5. The van der Waals surface area contributed by atoms with E-state index < -0.39 is 0 Å². The number of piperidine rings is 1. The van der Waals surface area contributed by atoms with Crippen molar-refractivity contribution in [1.82, 2.24) is 14.8 Å². The summed E-state index contributed by atoms with van der Waals surface area (Å²) in [7, 11) is 1.63. The molecule has 0 unspecified atom stereocenters. The third-order valence-corrected chi connectivity index (χ3v) is 5.72. The summed E-state index contributed by atoms with van der Waals surface area (Å²) < 4.78 is 5.26. The molecule has 6 nitrogen and oxygen atoms in total. The Kier molecular flexibility index (Phi) is 5.28. The molecule has 3 aliphatic rings. The molecule has 1 aromatic carbocycles. The van der Waals surface area contributed by atoms with Crippen LogP contribution >= 0.6 is 0 Å². The van der Waals surface area contributed by atoms with Gasteiger partial charge in [-0.15, -0.1) is 0 Å². The van der Waals surface area contributed by atoms with Crippen molar-refractivity contribution in [2.24, 2.45) is 5.92 Å². The number of methoxy groups -OCH3 is 1. The Morgan fingerprint density at radius 2 is 2.04 bits per heavy atom. The number of hydrogen-bond donors (Lipinski definition) is 0. The van der Waals surface area contributed by atoms with Gasteiger partial charge in [0.25, 0.3) is 5.91 Å². The highest BCUT2D eigenvalue weighted by Crippen LogP contribution is 2.29. The maximum Gasteiger partial charge on any atom is 0.255 e. The highest BCUT2D eigenvalue weighted by Gasteiger charge is 2.38. The summed E-state index contributed by atoms with van der Waals surface area (Å²) in [5.41, 5.74) is 1.56. The first kappa shape index (κ1) is 18.5. The Balaban J connectivity index is 1.47. The zero-order valence-electron chi connectivity index (χ0n) is 16.1. The molecule has 3 saturated heterocycles. The zero-order chi connectivity index (χ0) is 19.5. The first-order valence-electron chi connectivity index (χ1n) is 9.75. The summed E-state index contributed by atoms with van der Waals surface area (Å²) in [6.07, 6.45) is 5.65. The fourth-order valence-corrected chi connectivity index (χ4v) is 4.28. The molecule has 2 amide bonds. The molecule has 4 heterocycles. The Morgan fingerprint density at radius 3 is 2.82 bits per heavy atom. The van der Waals surface area contributed by atoms with Gasteiger partial charge in [-0.1, -0.05) is 12.1 Å². The van der Waals surface area contributed by atoms with E-state index >= 15 is 0 Å². The van der Waals surface area contributed by atoms with Crippen LogP contribution in [0.2, 0.25) is 0 Å². The van der Waals surface area contributed by atoms with E-state index in [1.54, 1.807) is 31.6 Å². The molecule has 146 valence electrons. The SMILES string of the molecule is COc1cccc(CC(=O)N2C[C@H]3CC[C@@H]2CN(C(=O)c2cccnc2)C3)c1. The van der Waals surface area contributed by atoms with Crippen molar-refractivity contribution in [2.75, 3.05) is 26.7 Å². The van der Waals surface area contributed by atoms with E-state index in [0.717, 1.165) is 30.7 Å². The van der Waals surface area contributed by atoms with Crippen molar-refractivity contribution in [3.63, 3.8) is 0 Å². The molecule has 0 N–H and O–H groups in total. The van der Waals surface area contributed by atoms with E-state index in [2.05, 4.69) is 4.98 Å². The minimum Gasteiger partial charge on any atom is -0.497 e. The molecule has 3 aliphatic heterocycles. The molecule has 2 atom stereocenters. The van der Waals surface area contributed by atoms with Crippen molar-refractivity contribution in [3.8, 4) is 5.75 Å². The van der Waals surface area contributed by atoms with Crippen molar-refractivity contribution in [3.05, 3.63) is 59.9 Å². The number of carbonyl (C=O) groups excluding carboxylic acids is 2. The molecule has 5 rings (SSSR count). The molecule has 0 aliphatic carbocycles. The van der Waals surface area contributed by atoms with E-state index in [0.29, 0.717) is 31.0 Å². The number of carbonyl (C=O) groups is 2. The monoisotopic (exact) mass is 379 g/mol. The Labute approximate surface area is 165 Å². The van der Waals surface area contributed by atoms with Crippen LogP contribution in [0.4, 0.5) is 0 Å². The van der Waals surface area contributed by atoms with Crippen LogP contribution in [-0.4, -0.2) is 59.4 Å². The van der Waals surface area contributed by atoms with Crippen LogP contribution in [0.25, 0.3) is 0 Å². The quantitative estimate of drug-likeness (QED) is 0.818. The second-order valence-corrected chi connectivity index (χ2v) is 7.62. The van der Waals surface area contributed by atoms with Crippen molar-refractivity contribution in [1.29, 1.82) is 0 Å². The maximum absolute atomic E-state index is 13.0. The summed E-state index contributed by atoms with van der Waals surface area (Å²) in [6.45, 7) is 2.02. The fraction of sp³-hybridized carbons (Fsp3) is 0.409. The summed E-state index contributed by atoms with van der Waals surface area (Å²) in [6, 6.07) is 11.3. The predicted molar refractivity (Wildman–Crippen MR) is 105 cm³/mol. The molecule has 28 heavy (non-hydrogen) atoms. The van der Waals surface area contributed by atoms with Gasteiger partial charge < -0.3 is 14.5 Å². The van der Waals surface area contributed by atoms with E-state index in [9.17, 15) is 9.59 Å². The summed E-state index contributed by atoms with van der Waals surface area (Å²) in [5.74, 6) is 1.22. The number of pyridine rings is 1. The lowest BCUT2D eigenvalue weighted by atomic mass is 9.94. The smallest absolute Gasteiger partial charge is 0.255 e. The highest BCUT2D eigenvalue weighted by molar-refractivity contribution is 5.94. The van der Waals surface area contributed by atoms with Gasteiger partial charge in [0, 0.05) is 38.1 Å².